The van der Waals surface area contributed by atoms with Gasteiger partial charge in [-0.2, -0.15) is 5.10 Å². The van der Waals surface area contributed by atoms with Crippen LogP contribution in [0, 0.1) is 5.41 Å². The molecule has 3 aromatic rings. The highest BCUT2D eigenvalue weighted by Crippen LogP contribution is 2.47. The molecule has 4 heterocycles. The molecule has 0 radical (unpaired) electrons. The minimum Gasteiger partial charge on any atom is -0.469 e. The molecule has 2 aromatic heterocycles. The number of likely N-dealkylation sites (tertiary alicyclic amines) is 1. The van der Waals surface area contributed by atoms with E-state index in [0.717, 1.165) is 25.2 Å². The Bertz CT molecular complexity index is 1050. The zero-order valence-corrected chi connectivity index (χ0v) is 16.5. The number of nitrogens with one attached hydrogen (secondary N) is 1. The van der Waals surface area contributed by atoms with Gasteiger partial charge in [0.1, 0.15) is 17.9 Å². The van der Waals surface area contributed by atoms with Crippen LogP contribution in [0.4, 0.5) is 0 Å². The molecule has 8 nitrogen and oxygen atoms in total. The molecule has 2 amide bonds. The van der Waals surface area contributed by atoms with Crippen molar-refractivity contribution in [1.29, 1.82) is 0 Å². The predicted octanol–water partition coefficient (Wildman–Crippen LogP) is 2.21. The van der Waals surface area contributed by atoms with Crippen molar-refractivity contribution in [3.63, 3.8) is 0 Å². The minimum absolute atomic E-state index is 0.0435. The Balaban J connectivity index is 1.39. The first-order chi connectivity index (χ1) is 14.6. The summed E-state index contributed by atoms with van der Waals surface area (Å²) in [5.74, 6) is 1.32. The smallest absolute Gasteiger partial charge is 0.251 e. The fourth-order valence-corrected chi connectivity index (χ4v) is 4.66. The van der Waals surface area contributed by atoms with Gasteiger partial charge in [0, 0.05) is 30.6 Å². The van der Waals surface area contributed by atoms with Crippen molar-refractivity contribution in [2.45, 2.75) is 31.8 Å². The van der Waals surface area contributed by atoms with Gasteiger partial charge < -0.3 is 14.6 Å². The first kappa shape index (κ1) is 18.6. The predicted molar refractivity (Wildman–Crippen MR) is 107 cm³/mol. The van der Waals surface area contributed by atoms with Gasteiger partial charge in [-0.15, -0.1) is 0 Å². The second-order valence-electron chi connectivity index (χ2n) is 8.05. The number of benzene rings is 1. The van der Waals surface area contributed by atoms with Crippen LogP contribution in [-0.2, 0) is 17.8 Å². The van der Waals surface area contributed by atoms with E-state index in [1.807, 2.05) is 33.8 Å². The van der Waals surface area contributed by atoms with Crippen LogP contribution in [0.15, 0.2) is 59.5 Å². The van der Waals surface area contributed by atoms with Gasteiger partial charge in [0.05, 0.1) is 18.7 Å². The molecule has 1 aromatic carbocycles. The fourth-order valence-electron chi connectivity index (χ4n) is 4.66. The summed E-state index contributed by atoms with van der Waals surface area (Å²) in [7, 11) is 0. The monoisotopic (exact) mass is 405 g/mol. The Morgan fingerprint density at radius 3 is 2.77 bits per heavy atom. The molecule has 5 rings (SSSR count). The second-order valence-corrected chi connectivity index (χ2v) is 8.05. The van der Waals surface area contributed by atoms with Crippen molar-refractivity contribution in [2.24, 2.45) is 5.41 Å². The first-order valence-corrected chi connectivity index (χ1v) is 10.2. The molecular formula is C22H23N5O3. The van der Waals surface area contributed by atoms with E-state index >= 15 is 0 Å². The normalized spacial score (nSPS) is 22.8. The molecule has 2 aliphatic rings. The molecule has 30 heavy (non-hydrogen) atoms. The summed E-state index contributed by atoms with van der Waals surface area (Å²) in [6.45, 7) is 1.97. The van der Waals surface area contributed by atoms with Crippen LogP contribution in [0.2, 0.25) is 0 Å². The van der Waals surface area contributed by atoms with Gasteiger partial charge in [0.2, 0.25) is 5.91 Å². The Hall–Kier alpha value is -3.42. The molecule has 2 atom stereocenters. The Kier molecular flexibility index (Phi) is 4.61. The highest BCUT2D eigenvalue weighted by molar-refractivity contribution is 5.94. The molecule has 0 unspecified atom stereocenters. The lowest BCUT2D eigenvalue weighted by Crippen LogP contribution is -2.48. The Morgan fingerprint density at radius 2 is 1.97 bits per heavy atom. The van der Waals surface area contributed by atoms with E-state index in [1.54, 1.807) is 24.5 Å². The number of aryl methyl sites for hydroxylation is 1. The molecular weight excluding hydrogens is 382 g/mol. The minimum atomic E-state index is -0.303. The molecule has 1 N–H and O–H groups in total. The fraction of sp³-hybridized carbons (Fsp3) is 0.364. The van der Waals surface area contributed by atoms with Crippen molar-refractivity contribution in [2.75, 3.05) is 13.1 Å². The number of rotatable bonds is 4. The molecule has 1 fully saturated rings. The number of hydrogen-bond donors (Lipinski definition) is 1. The van der Waals surface area contributed by atoms with Crippen LogP contribution < -0.4 is 5.32 Å². The number of furan rings is 1. The lowest BCUT2D eigenvalue weighted by molar-refractivity contribution is -0.130. The second kappa shape index (κ2) is 7.44. The molecule has 2 aliphatic heterocycles. The van der Waals surface area contributed by atoms with E-state index < -0.39 is 0 Å². The van der Waals surface area contributed by atoms with Gasteiger partial charge >= 0.3 is 0 Å². The Labute approximate surface area is 173 Å². The van der Waals surface area contributed by atoms with E-state index in [2.05, 4.69) is 15.4 Å². The van der Waals surface area contributed by atoms with Gasteiger partial charge in [0.15, 0.2) is 0 Å². The summed E-state index contributed by atoms with van der Waals surface area (Å²) in [6.07, 6.45) is 5.00. The lowest BCUT2D eigenvalue weighted by atomic mass is 9.74. The van der Waals surface area contributed by atoms with Gasteiger partial charge in [-0.25, -0.2) is 9.67 Å². The number of carbonyl (C=O) groups excluding carboxylic acids is 2. The lowest BCUT2D eigenvalue weighted by Gasteiger charge is -2.40. The zero-order chi connectivity index (χ0) is 20.6. The van der Waals surface area contributed by atoms with Crippen LogP contribution in [-0.4, -0.2) is 44.6 Å². The van der Waals surface area contributed by atoms with E-state index in [0.29, 0.717) is 24.4 Å². The van der Waals surface area contributed by atoms with Crippen LogP contribution >= 0.6 is 0 Å². The standard InChI is InChI=1S/C22H23N5O3/c28-18(13-17-7-4-12-30-17)26-10-8-22(14-26)9-11-27-20(23-15-24-27)19(22)25-21(29)16-5-2-1-3-6-16/h1-7,12,15,19H,8-11,13-14H2,(H,25,29)/t19-,22-/m1/s1. The van der Waals surface area contributed by atoms with Crippen LogP contribution in [0.3, 0.4) is 0 Å². The number of aromatic nitrogens is 3. The van der Waals surface area contributed by atoms with E-state index in [4.69, 9.17) is 4.42 Å². The average molecular weight is 405 g/mol. The molecule has 1 spiro atoms. The Morgan fingerprint density at radius 1 is 1.13 bits per heavy atom. The topological polar surface area (TPSA) is 93.3 Å². The van der Waals surface area contributed by atoms with Crippen molar-refractivity contribution in [1.82, 2.24) is 25.0 Å². The van der Waals surface area contributed by atoms with E-state index in [-0.39, 0.29) is 29.7 Å². The summed E-state index contributed by atoms with van der Waals surface area (Å²) in [5, 5.41) is 7.50. The number of fused-ring (bicyclic) bond motifs is 1. The largest absolute Gasteiger partial charge is 0.469 e. The summed E-state index contributed by atoms with van der Waals surface area (Å²) >= 11 is 0. The average Bonchev–Trinajstić information content (AvgIpc) is 3.52. The maximum atomic E-state index is 13.0. The van der Waals surface area contributed by atoms with Crippen LogP contribution in [0.1, 0.15) is 40.8 Å². The number of hydrogen-bond acceptors (Lipinski definition) is 5. The molecule has 0 bridgehead atoms. The van der Waals surface area contributed by atoms with Gasteiger partial charge in [0.25, 0.3) is 5.91 Å². The van der Waals surface area contributed by atoms with E-state index in [9.17, 15) is 9.59 Å². The van der Waals surface area contributed by atoms with Gasteiger partial charge in [-0.05, 0) is 37.1 Å². The van der Waals surface area contributed by atoms with Crippen molar-refractivity contribution in [3.8, 4) is 0 Å². The maximum Gasteiger partial charge on any atom is 0.251 e. The van der Waals surface area contributed by atoms with Gasteiger partial charge in [-0.3, -0.25) is 9.59 Å². The highest BCUT2D eigenvalue weighted by atomic mass is 16.3. The molecule has 1 saturated heterocycles. The molecule has 8 heteroatoms. The molecule has 0 aliphatic carbocycles. The van der Waals surface area contributed by atoms with Crippen LogP contribution in [0.25, 0.3) is 0 Å². The number of nitrogens with zero attached hydrogens (tertiary/aromatic N) is 4. The van der Waals surface area contributed by atoms with Crippen molar-refractivity contribution < 1.29 is 14.0 Å². The number of carbonyl (C=O) groups is 2. The molecule has 0 saturated carbocycles. The van der Waals surface area contributed by atoms with Crippen molar-refractivity contribution >= 4 is 11.8 Å². The number of amides is 2. The third kappa shape index (κ3) is 3.28. The highest BCUT2D eigenvalue weighted by Gasteiger charge is 2.50. The quantitative estimate of drug-likeness (QED) is 0.718. The SMILES string of the molecule is O=C(N[C@@H]1c2ncnn2CC[C@@]12CCN(C(=O)Cc1ccco1)C2)c1ccccc1. The molecule has 154 valence electrons. The maximum absolute atomic E-state index is 13.0. The summed E-state index contributed by atoms with van der Waals surface area (Å²) in [6, 6.07) is 12.5. The third-order valence-electron chi connectivity index (χ3n) is 6.29. The summed E-state index contributed by atoms with van der Waals surface area (Å²) in [5.41, 5.74) is 0.347. The first-order valence-electron chi connectivity index (χ1n) is 10.2. The third-order valence-corrected chi connectivity index (χ3v) is 6.29. The van der Waals surface area contributed by atoms with Crippen molar-refractivity contribution in [3.05, 3.63) is 72.2 Å². The van der Waals surface area contributed by atoms with E-state index in [1.165, 1.54) is 6.33 Å². The summed E-state index contributed by atoms with van der Waals surface area (Å²) < 4.78 is 7.19. The zero-order valence-electron chi connectivity index (χ0n) is 16.5. The van der Waals surface area contributed by atoms with Gasteiger partial charge in [-0.1, -0.05) is 18.2 Å². The summed E-state index contributed by atoms with van der Waals surface area (Å²) in [4.78, 5) is 32.1. The van der Waals surface area contributed by atoms with Crippen LogP contribution in [0.5, 0.6) is 0 Å².